The van der Waals surface area contributed by atoms with E-state index in [9.17, 15) is 0 Å². The summed E-state index contributed by atoms with van der Waals surface area (Å²) < 4.78 is 5.42. The zero-order valence-corrected chi connectivity index (χ0v) is 12.4. The van der Waals surface area contributed by atoms with Crippen molar-refractivity contribution in [3.8, 4) is 0 Å². The second-order valence-corrected chi connectivity index (χ2v) is 5.92. The Bertz CT molecular complexity index is 544. The fourth-order valence-corrected chi connectivity index (χ4v) is 3.06. The first-order chi connectivity index (χ1) is 10.3. The second kappa shape index (κ2) is 6.85. The first-order valence-corrected chi connectivity index (χ1v) is 7.98. The van der Waals surface area contributed by atoms with Crippen LogP contribution in [-0.2, 0) is 0 Å². The maximum Gasteiger partial charge on any atom is 0.248 e. The summed E-state index contributed by atoms with van der Waals surface area (Å²) in [6, 6.07) is 9.57. The summed E-state index contributed by atoms with van der Waals surface area (Å²) in [5.41, 5.74) is 7.22. The monoisotopic (exact) mass is 285 g/mol. The number of rotatable bonds is 3. The third kappa shape index (κ3) is 3.50. The molecule has 0 radical (unpaired) electrons. The van der Waals surface area contributed by atoms with Gasteiger partial charge in [0.1, 0.15) is 6.04 Å². The molecule has 2 N–H and O–H groups in total. The van der Waals surface area contributed by atoms with Crippen molar-refractivity contribution in [1.82, 2.24) is 10.1 Å². The molecule has 112 valence electrons. The fourth-order valence-electron chi connectivity index (χ4n) is 3.06. The maximum atomic E-state index is 6.22. The van der Waals surface area contributed by atoms with Crippen LogP contribution in [0.3, 0.4) is 0 Å². The van der Waals surface area contributed by atoms with E-state index in [1.807, 2.05) is 30.3 Å². The molecule has 3 rings (SSSR count). The Morgan fingerprint density at radius 3 is 2.38 bits per heavy atom. The van der Waals surface area contributed by atoms with Crippen molar-refractivity contribution in [3.05, 3.63) is 47.6 Å². The third-order valence-corrected chi connectivity index (χ3v) is 4.35. The second-order valence-electron chi connectivity index (χ2n) is 5.92. The van der Waals surface area contributed by atoms with Gasteiger partial charge in [0, 0.05) is 5.92 Å². The van der Waals surface area contributed by atoms with E-state index in [1.54, 1.807) is 0 Å². The number of nitrogens with two attached hydrogens (primary N) is 1. The molecule has 1 aliphatic rings. The molecule has 1 aliphatic carbocycles. The molecule has 4 heteroatoms. The average molecular weight is 285 g/mol. The summed E-state index contributed by atoms with van der Waals surface area (Å²) in [4.78, 5) is 4.58. The topological polar surface area (TPSA) is 64.9 Å². The van der Waals surface area contributed by atoms with Crippen LogP contribution < -0.4 is 5.73 Å². The molecule has 2 aromatic rings. The summed E-state index contributed by atoms with van der Waals surface area (Å²) in [7, 11) is 0. The highest BCUT2D eigenvalue weighted by Crippen LogP contribution is 2.30. The summed E-state index contributed by atoms with van der Waals surface area (Å²) in [6.07, 6.45) is 8.87. The highest BCUT2D eigenvalue weighted by Gasteiger charge is 2.22. The Morgan fingerprint density at radius 2 is 1.67 bits per heavy atom. The first-order valence-electron chi connectivity index (χ1n) is 7.98. The molecule has 0 saturated heterocycles. The van der Waals surface area contributed by atoms with Crippen molar-refractivity contribution in [2.75, 3.05) is 0 Å². The van der Waals surface area contributed by atoms with Gasteiger partial charge in [-0.05, 0) is 18.4 Å². The smallest absolute Gasteiger partial charge is 0.248 e. The minimum Gasteiger partial charge on any atom is -0.337 e. The van der Waals surface area contributed by atoms with Gasteiger partial charge in [-0.2, -0.15) is 4.98 Å². The van der Waals surface area contributed by atoms with Gasteiger partial charge < -0.3 is 10.3 Å². The summed E-state index contributed by atoms with van der Waals surface area (Å²) in [5.74, 6) is 1.81. The van der Waals surface area contributed by atoms with Crippen LogP contribution in [0.2, 0.25) is 0 Å². The average Bonchev–Trinajstić information content (AvgIpc) is 2.97. The van der Waals surface area contributed by atoms with E-state index in [0.717, 1.165) is 11.4 Å². The van der Waals surface area contributed by atoms with Crippen molar-refractivity contribution in [2.45, 2.75) is 56.9 Å². The van der Waals surface area contributed by atoms with Crippen LogP contribution in [-0.4, -0.2) is 10.1 Å². The zero-order chi connectivity index (χ0) is 14.5. The zero-order valence-electron chi connectivity index (χ0n) is 12.4. The van der Waals surface area contributed by atoms with Gasteiger partial charge in [-0.15, -0.1) is 0 Å². The quantitative estimate of drug-likeness (QED) is 0.927. The van der Waals surface area contributed by atoms with E-state index in [0.29, 0.717) is 11.8 Å². The SMILES string of the molecule is N[C@H](c1ccccc1)c1nc(C2CCCCCCC2)no1. The Balaban J connectivity index is 1.73. The van der Waals surface area contributed by atoms with Crippen molar-refractivity contribution < 1.29 is 4.52 Å². The molecule has 1 aromatic heterocycles. The molecule has 1 aromatic carbocycles. The molecular weight excluding hydrogens is 262 g/mol. The normalized spacial score (nSPS) is 18.9. The molecule has 1 heterocycles. The van der Waals surface area contributed by atoms with Gasteiger partial charge in [-0.1, -0.05) is 67.6 Å². The summed E-state index contributed by atoms with van der Waals surface area (Å²) in [6.45, 7) is 0. The van der Waals surface area contributed by atoms with Crippen molar-refractivity contribution >= 4 is 0 Å². The third-order valence-electron chi connectivity index (χ3n) is 4.35. The van der Waals surface area contributed by atoms with E-state index in [-0.39, 0.29) is 6.04 Å². The van der Waals surface area contributed by atoms with Crippen LogP contribution in [0.15, 0.2) is 34.9 Å². The molecule has 1 atom stereocenters. The predicted molar refractivity (Wildman–Crippen MR) is 81.8 cm³/mol. The van der Waals surface area contributed by atoms with E-state index in [1.165, 1.54) is 44.9 Å². The van der Waals surface area contributed by atoms with Crippen LogP contribution in [0.25, 0.3) is 0 Å². The summed E-state index contributed by atoms with van der Waals surface area (Å²) >= 11 is 0. The molecule has 0 amide bonds. The predicted octanol–water partition coefficient (Wildman–Crippen LogP) is 3.95. The Hall–Kier alpha value is -1.68. The molecule has 4 nitrogen and oxygen atoms in total. The van der Waals surface area contributed by atoms with Crippen LogP contribution in [0.5, 0.6) is 0 Å². The fraction of sp³-hybridized carbons (Fsp3) is 0.529. The van der Waals surface area contributed by atoms with Gasteiger partial charge in [-0.3, -0.25) is 0 Å². The lowest BCUT2D eigenvalue weighted by molar-refractivity contribution is 0.353. The van der Waals surface area contributed by atoms with Gasteiger partial charge in [0.15, 0.2) is 5.82 Å². The molecule has 0 spiro atoms. The molecule has 21 heavy (non-hydrogen) atoms. The van der Waals surface area contributed by atoms with Crippen LogP contribution in [0.4, 0.5) is 0 Å². The molecular formula is C17H23N3O. The van der Waals surface area contributed by atoms with Gasteiger partial charge in [0.05, 0.1) is 0 Å². The number of hydrogen-bond acceptors (Lipinski definition) is 4. The molecule has 1 saturated carbocycles. The number of nitrogens with zero attached hydrogens (tertiary/aromatic N) is 2. The molecule has 0 aliphatic heterocycles. The molecule has 0 bridgehead atoms. The lowest BCUT2D eigenvalue weighted by Crippen LogP contribution is -2.12. The van der Waals surface area contributed by atoms with Crippen LogP contribution in [0, 0.1) is 0 Å². The minimum atomic E-state index is -0.332. The largest absolute Gasteiger partial charge is 0.337 e. The van der Waals surface area contributed by atoms with Crippen molar-refractivity contribution in [1.29, 1.82) is 0 Å². The van der Waals surface area contributed by atoms with Gasteiger partial charge in [0.2, 0.25) is 5.89 Å². The minimum absolute atomic E-state index is 0.332. The van der Waals surface area contributed by atoms with Gasteiger partial charge in [0.25, 0.3) is 0 Å². The maximum absolute atomic E-state index is 6.22. The van der Waals surface area contributed by atoms with E-state index >= 15 is 0 Å². The Kier molecular flexibility index (Phi) is 4.65. The molecule has 0 unspecified atom stereocenters. The lowest BCUT2D eigenvalue weighted by atomic mass is 9.91. The van der Waals surface area contributed by atoms with Gasteiger partial charge in [-0.25, -0.2) is 0 Å². The standard InChI is InChI=1S/C17H23N3O/c18-15(13-9-7-4-8-10-13)17-19-16(20-21-17)14-11-5-2-1-3-6-12-14/h4,7-10,14-15H,1-3,5-6,11-12,18H2/t15-/m1/s1. The van der Waals surface area contributed by atoms with Crippen LogP contribution >= 0.6 is 0 Å². The lowest BCUT2D eigenvalue weighted by Gasteiger charge is -2.15. The Labute approximate surface area is 125 Å². The van der Waals surface area contributed by atoms with E-state index in [4.69, 9.17) is 10.3 Å². The van der Waals surface area contributed by atoms with Gasteiger partial charge >= 0.3 is 0 Å². The first kappa shape index (κ1) is 14.3. The number of benzene rings is 1. The highest BCUT2D eigenvalue weighted by molar-refractivity contribution is 5.23. The molecule has 1 fully saturated rings. The highest BCUT2D eigenvalue weighted by atomic mass is 16.5. The van der Waals surface area contributed by atoms with E-state index in [2.05, 4.69) is 10.1 Å². The van der Waals surface area contributed by atoms with Crippen molar-refractivity contribution in [3.63, 3.8) is 0 Å². The van der Waals surface area contributed by atoms with E-state index < -0.39 is 0 Å². The Morgan fingerprint density at radius 1 is 1.00 bits per heavy atom. The summed E-state index contributed by atoms with van der Waals surface area (Å²) in [5, 5.41) is 4.19. The van der Waals surface area contributed by atoms with Crippen molar-refractivity contribution in [2.24, 2.45) is 5.73 Å². The number of aromatic nitrogens is 2. The van der Waals surface area contributed by atoms with Crippen LogP contribution in [0.1, 0.15) is 74.2 Å². The number of hydrogen-bond donors (Lipinski definition) is 1.